The molecule has 0 saturated heterocycles. The molecule has 0 spiro atoms. The molecule has 0 heterocycles. The van der Waals surface area contributed by atoms with Gasteiger partial charge in [-0.25, -0.2) is 0 Å². The van der Waals surface area contributed by atoms with Gasteiger partial charge in [-0.15, -0.1) is 0 Å². The molecule has 11 heavy (non-hydrogen) atoms. The Morgan fingerprint density at radius 2 is 1.73 bits per heavy atom. The standard InChI is InChI=1S/C9H20N2/c1-7-8(2,3)11-9(4,5)10-6/h11H,6-7H2,1-5H3. The molecule has 0 aromatic heterocycles. The summed E-state index contributed by atoms with van der Waals surface area (Å²) < 4.78 is 0. The number of aliphatic imine (C=N–C) groups is 1. The maximum absolute atomic E-state index is 3.99. The SMILES string of the molecule is C=NC(C)(C)NC(C)(C)CC. The van der Waals surface area contributed by atoms with Gasteiger partial charge in [-0.1, -0.05) is 6.92 Å². The van der Waals surface area contributed by atoms with Crippen molar-refractivity contribution in [1.82, 2.24) is 5.32 Å². The van der Waals surface area contributed by atoms with Crippen molar-refractivity contribution in [3.05, 3.63) is 0 Å². The van der Waals surface area contributed by atoms with Gasteiger partial charge in [0, 0.05) is 5.54 Å². The zero-order chi connectivity index (χ0) is 9.12. The van der Waals surface area contributed by atoms with Crippen LogP contribution in [0, 0.1) is 0 Å². The maximum atomic E-state index is 3.99. The second kappa shape index (κ2) is 3.35. The Balaban J connectivity index is 4.12. The van der Waals surface area contributed by atoms with Crippen LogP contribution in [-0.2, 0) is 0 Å². The highest BCUT2D eigenvalue weighted by molar-refractivity contribution is 5.25. The lowest BCUT2D eigenvalue weighted by Gasteiger charge is -2.33. The van der Waals surface area contributed by atoms with Gasteiger partial charge >= 0.3 is 0 Å². The normalized spacial score (nSPS) is 13.2. The predicted molar refractivity (Wildman–Crippen MR) is 51.1 cm³/mol. The third-order valence-corrected chi connectivity index (χ3v) is 1.92. The average Bonchev–Trinajstić information content (AvgIpc) is 1.86. The van der Waals surface area contributed by atoms with Gasteiger partial charge in [0.05, 0.1) is 0 Å². The number of rotatable bonds is 4. The number of hydrogen-bond acceptors (Lipinski definition) is 2. The first kappa shape index (κ1) is 10.6. The van der Waals surface area contributed by atoms with Crippen LogP contribution >= 0.6 is 0 Å². The average molecular weight is 156 g/mol. The molecule has 0 atom stereocenters. The predicted octanol–water partition coefficient (Wildman–Crippen LogP) is 2.20. The Kier molecular flexibility index (Phi) is 3.24. The summed E-state index contributed by atoms with van der Waals surface area (Å²) in [5.74, 6) is 0. The van der Waals surface area contributed by atoms with E-state index in [1.54, 1.807) is 0 Å². The molecule has 2 nitrogen and oxygen atoms in total. The van der Waals surface area contributed by atoms with Crippen molar-refractivity contribution < 1.29 is 0 Å². The first-order valence-corrected chi connectivity index (χ1v) is 4.10. The molecule has 0 aliphatic rings. The minimum absolute atomic E-state index is 0.144. The summed E-state index contributed by atoms with van der Waals surface area (Å²) in [5.41, 5.74) is -0.0653. The number of nitrogens with zero attached hydrogens (tertiary/aromatic N) is 1. The van der Waals surface area contributed by atoms with Gasteiger partial charge in [-0.05, 0) is 40.8 Å². The molecule has 0 aliphatic carbocycles. The summed E-state index contributed by atoms with van der Waals surface area (Å²) in [4.78, 5) is 3.99. The van der Waals surface area contributed by atoms with E-state index < -0.39 is 0 Å². The van der Waals surface area contributed by atoms with Crippen LogP contribution in [-0.4, -0.2) is 17.9 Å². The third-order valence-electron chi connectivity index (χ3n) is 1.92. The fraction of sp³-hybridized carbons (Fsp3) is 0.889. The van der Waals surface area contributed by atoms with Gasteiger partial charge in [-0.3, -0.25) is 10.3 Å². The van der Waals surface area contributed by atoms with Crippen LogP contribution in [0.15, 0.2) is 4.99 Å². The van der Waals surface area contributed by atoms with E-state index in [9.17, 15) is 0 Å². The van der Waals surface area contributed by atoms with Crippen LogP contribution in [0.4, 0.5) is 0 Å². The van der Waals surface area contributed by atoms with Crippen molar-refractivity contribution in [2.24, 2.45) is 4.99 Å². The van der Waals surface area contributed by atoms with Gasteiger partial charge in [0.15, 0.2) is 0 Å². The highest BCUT2D eigenvalue weighted by Crippen LogP contribution is 2.14. The van der Waals surface area contributed by atoms with E-state index in [4.69, 9.17) is 0 Å². The summed E-state index contributed by atoms with van der Waals surface area (Å²) in [6.07, 6.45) is 1.09. The van der Waals surface area contributed by atoms with Crippen LogP contribution in [0.1, 0.15) is 41.0 Å². The molecular formula is C9H20N2. The minimum Gasteiger partial charge on any atom is -0.289 e. The Morgan fingerprint density at radius 3 is 2.00 bits per heavy atom. The van der Waals surface area contributed by atoms with Crippen molar-refractivity contribution in [3.63, 3.8) is 0 Å². The molecule has 0 radical (unpaired) electrons. The summed E-state index contributed by atoms with van der Waals surface area (Å²) in [5, 5.41) is 3.40. The fourth-order valence-corrected chi connectivity index (χ4v) is 0.956. The van der Waals surface area contributed by atoms with Gasteiger partial charge in [0.25, 0.3) is 0 Å². The number of nitrogens with one attached hydrogen (secondary N) is 1. The van der Waals surface area contributed by atoms with E-state index in [1.165, 1.54) is 0 Å². The lowest BCUT2D eigenvalue weighted by Crippen LogP contribution is -2.50. The molecule has 0 aromatic rings. The smallest absolute Gasteiger partial charge is 0.104 e. The second-order valence-electron chi connectivity index (χ2n) is 4.08. The van der Waals surface area contributed by atoms with Crippen LogP contribution in [0.5, 0.6) is 0 Å². The maximum Gasteiger partial charge on any atom is 0.104 e. The highest BCUT2D eigenvalue weighted by Gasteiger charge is 2.23. The monoisotopic (exact) mass is 156 g/mol. The summed E-state index contributed by atoms with van der Waals surface area (Å²) >= 11 is 0. The first-order chi connectivity index (χ1) is 4.83. The Hall–Kier alpha value is -0.370. The first-order valence-electron chi connectivity index (χ1n) is 4.10. The Morgan fingerprint density at radius 1 is 1.27 bits per heavy atom. The van der Waals surface area contributed by atoms with Crippen LogP contribution in [0.25, 0.3) is 0 Å². The molecule has 0 fully saturated rings. The topological polar surface area (TPSA) is 24.4 Å². The summed E-state index contributed by atoms with van der Waals surface area (Å²) in [7, 11) is 0. The zero-order valence-corrected chi connectivity index (χ0v) is 8.36. The van der Waals surface area contributed by atoms with Crippen molar-refractivity contribution in [2.75, 3.05) is 0 Å². The largest absolute Gasteiger partial charge is 0.289 e. The van der Waals surface area contributed by atoms with E-state index in [-0.39, 0.29) is 11.2 Å². The minimum atomic E-state index is -0.209. The molecule has 0 rings (SSSR count). The molecule has 0 bridgehead atoms. The van der Waals surface area contributed by atoms with Crippen molar-refractivity contribution in [2.45, 2.75) is 52.2 Å². The molecule has 1 N–H and O–H groups in total. The van der Waals surface area contributed by atoms with Gasteiger partial charge in [-0.2, -0.15) is 0 Å². The molecule has 0 aliphatic heterocycles. The van der Waals surface area contributed by atoms with E-state index in [0.717, 1.165) is 6.42 Å². The zero-order valence-electron chi connectivity index (χ0n) is 8.36. The summed E-state index contributed by atoms with van der Waals surface area (Å²) in [6, 6.07) is 0. The van der Waals surface area contributed by atoms with Crippen molar-refractivity contribution in [3.8, 4) is 0 Å². The lowest BCUT2D eigenvalue weighted by molar-refractivity contribution is 0.267. The second-order valence-corrected chi connectivity index (χ2v) is 4.08. The van der Waals surface area contributed by atoms with E-state index in [1.807, 2.05) is 13.8 Å². The molecule has 2 heteroatoms. The summed E-state index contributed by atoms with van der Waals surface area (Å²) in [6.45, 7) is 14.1. The van der Waals surface area contributed by atoms with Crippen LogP contribution in [0.2, 0.25) is 0 Å². The van der Waals surface area contributed by atoms with E-state index in [0.29, 0.717) is 0 Å². The van der Waals surface area contributed by atoms with Gasteiger partial charge in [0.1, 0.15) is 5.66 Å². The molecular weight excluding hydrogens is 136 g/mol. The Bertz CT molecular complexity index is 136. The van der Waals surface area contributed by atoms with E-state index >= 15 is 0 Å². The number of hydrogen-bond donors (Lipinski definition) is 1. The quantitative estimate of drug-likeness (QED) is 0.620. The van der Waals surface area contributed by atoms with Gasteiger partial charge in [0.2, 0.25) is 0 Å². The molecule has 0 saturated carbocycles. The molecule has 0 amide bonds. The van der Waals surface area contributed by atoms with E-state index in [2.05, 4.69) is 37.8 Å². The molecule has 66 valence electrons. The molecule has 0 unspecified atom stereocenters. The van der Waals surface area contributed by atoms with Crippen LogP contribution in [0.3, 0.4) is 0 Å². The fourth-order valence-electron chi connectivity index (χ4n) is 0.956. The Labute approximate surface area is 70.1 Å². The third kappa shape index (κ3) is 4.14. The van der Waals surface area contributed by atoms with Crippen molar-refractivity contribution >= 4 is 6.72 Å². The molecule has 0 aromatic carbocycles. The lowest BCUT2D eigenvalue weighted by atomic mass is 9.99. The van der Waals surface area contributed by atoms with Crippen LogP contribution < -0.4 is 5.32 Å². The van der Waals surface area contributed by atoms with Crippen molar-refractivity contribution in [1.29, 1.82) is 0 Å². The van der Waals surface area contributed by atoms with Gasteiger partial charge < -0.3 is 0 Å². The highest BCUT2D eigenvalue weighted by atomic mass is 15.2.